The van der Waals surface area contributed by atoms with Gasteiger partial charge in [0, 0.05) is 12.1 Å². The summed E-state index contributed by atoms with van der Waals surface area (Å²) in [6.07, 6.45) is 0.470. The van der Waals surface area contributed by atoms with Crippen LogP contribution < -0.4 is 5.32 Å². The summed E-state index contributed by atoms with van der Waals surface area (Å²) in [5, 5.41) is 3.33. The maximum Gasteiger partial charge on any atom is 0.224 e. The molecular weight excluding hydrogens is 366 g/mol. The van der Waals surface area contributed by atoms with Gasteiger partial charge in [-0.15, -0.1) is 0 Å². The molecule has 0 saturated carbocycles. The summed E-state index contributed by atoms with van der Waals surface area (Å²) in [6.45, 7) is 22.2. The van der Waals surface area contributed by atoms with E-state index in [2.05, 4.69) is 98.8 Å². The summed E-state index contributed by atoms with van der Waals surface area (Å²) in [5.41, 5.74) is 5.82. The van der Waals surface area contributed by atoms with Crippen LogP contribution >= 0.6 is 0 Å². The predicted molar refractivity (Wildman–Crippen MR) is 131 cm³/mol. The number of rotatable bonds is 4. The molecule has 0 fully saturated rings. The highest BCUT2D eigenvalue weighted by molar-refractivity contribution is 5.93. The topological polar surface area (TPSA) is 29.1 Å². The SMILES string of the molecule is C[C@@H](CC(=O)Nc1c(C(C)(C)C)cc(C(C)(C)C)cc1C(C)(C)C)c1ccccc1. The molecule has 0 saturated heterocycles. The summed E-state index contributed by atoms with van der Waals surface area (Å²) < 4.78 is 0. The molecule has 0 heterocycles. The van der Waals surface area contributed by atoms with Crippen LogP contribution in [0, 0.1) is 0 Å². The number of anilines is 1. The lowest BCUT2D eigenvalue weighted by molar-refractivity contribution is -0.116. The van der Waals surface area contributed by atoms with E-state index in [0.717, 1.165) is 5.69 Å². The van der Waals surface area contributed by atoms with Gasteiger partial charge in [0.05, 0.1) is 0 Å². The van der Waals surface area contributed by atoms with Gasteiger partial charge >= 0.3 is 0 Å². The van der Waals surface area contributed by atoms with Crippen molar-refractivity contribution in [3.8, 4) is 0 Å². The molecule has 2 heteroatoms. The second-order valence-electron chi connectivity index (χ2n) is 11.8. The Bertz CT molecular complexity index is 839. The highest BCUT2D eigenvalue weighted by Crippen LogP contribution is 2.41. The van der Waals surface area contributed by atoms with E-state index in [1.807, 2.05) is 18.2 Å². The van der Waals surface area contributed by atoms with Crippen molar-refractivity contribution >= 4 is 11.6 Å². The molecule has 0 unspecified atom stereocenters. The molecule has 0 aliphatic carbocycles. The van der Waals surface area contributed by atoms with E-state index in [-0.39, 0.29) is 28.1 Å². The number of carbonyl (C=O) groups excluding carboxylic acids is 1. The van der Waals surface area contributed by atoms with Crippen LogP contribution in [0.25, 0.3) is 0 Å². The minimum atomic E-state index is -0.0745. The van der Waals surface area contributed by atoms with Crippen LogP contribution in [-0.2, 0) is 21.0 Å². The molecule has 2 aromatic rings. The molecule has 30 heavy (non-hydrogen) atoms. The molecule has 0 aliphatic rings. The molecule has 0 bridgehead atoms. The van der Waals surface area contributed by atoms with Crippen molar-refractivity contribution in [2.24, 2.45) is 0 Å². The summed E-state index contributed by atoms with van der Waals surface area (Å²) in [6, 6.07) is 14.9. The number of carbonyl (C=O) groups is 1. The molecule has 164 valence electrons. The van der Waals surface area contributed by atoms with Crippen molar-refractivity contribution in [3.63, 3.8) is 0 Å². The van der Waals surface area contributed by atoms with Gasteiger partial charge in [-0.1, -0.05) is 112 Å². The van der Waals surface area contributed by atoms with Crippen LogP contribution in [0.2, 0.25) is 0 Å². The van der Waals surface area contributed by atoms with Crippen molar-refractivity contribution in [3.05, 3.63) is 64.7 Å². The van der Waals surface area contributed by atoms with Crippen molar-refractivity contribution < 1.29 is 4.79 Å². The Balaban J connectivity index is 2.50. The van der Waals surface area contributed by atoms with E-state index >= 15 is 0 Å². The van der Waals surface area contributed by atoms with Crippen LogP contribution in [0.5, 0.6) is 0 Å². The summed E-state index contributed by atoms with van der Waals surface area (Å²) in [4.78, 5) is 13.1. The Kier molecular flexibility index (Phi) is 6.91. The van der Waals surface area contributed by atoms with Gasteiger partial charge in [0.15, 0.2) is 0 Å². The normalized spacial score (nSPS) is 13.8. The van der Waals surface area contributed by atoms with Crippen LogP contribution in [0.1, 0.15) is 104 Å². The fraction of sp³-hybridized carbons (Fsp3) is 0.536. The molecule has 0 aliphatic heterocycles. The van der Waals surface area contributed by atoms with Crippen molar-refractivity contribution in [2.75, 3.05) is 5.32 Å². The molecule has 1 atom stereocenters. The third-order valence-electron chi connectivity index (χ3n) is 5.75. The molecule has 1 amide bonds. The van der Waals surface area contributed by atoms with Crippen molar-refractivity contribution in [1.29, 1.82) is 0 Å². The van der Waals surface area contributed by atoms with E-state index in [9.17, 15) is 4.79 Å². The van der Waals surface area contributed by atoms with Crippen LogP contribution in [0.4, 0.5) is 5.69 Å². The lowest BCUT2D eigenvalue weighted by Gasteiger charge is -2.33. The minimum absolute atomic E-state index is 0.0460. The first-order chi connectivity index (χ1) is 13.6. The Morgan fingerprint density at radius 1 is 0.800 bits per heavy atom. The van der Waals surface area contributed by atoms with Gasteiger partial charge in [-0.05, 0) is 44.4 Å². The summed E-state index contributed by atoms with van der Waals surface area (Å²) in [5.74, 6) is 0.252. The molecular formula is C28H41NO. The Hall–Kier alpha value is -2.09. The van der Waals surface area contributed by atoms with Crippen LogP contribution in [0.15, 0.2) is 42.5 Å². The van der Waals surface area contributed by atoms with Gasteiger partial charge < -0.3 is 5.32 Å². The maximum absolute atomic E-state index is 13.1. The van der Waals surface area contributed by atoms with Gasteiger partial charge in [-0.2, -0.15) is 0 Å². The third kappa shape index (κ3) is 5.97. The molecule has 0 radical (unpaired) electrons. The monoisotopic (exact) mass is 407 g/mol. The van der Waals surface area contributed by atoms with Gasteiger partial charge in [0.1, 0.15) is 0 Å². The van der Waals surface area contributed by atoms with Gasteiger partial charge in [-0.3, -0.25) is 4.79 Å². The zero-order chi connectivity index (χ0) is 22.9. The van der Waals surface area contributed by atoms with Crippen molar-refractivity contribution in [2.45, 2.75) is 97.8 Å². The summed E-state index contributed by atoms with van der Waals surface area (Å²) in [7, 11) is 0. The number of nitrogens with one attached hydrogen (secondary N) is 1. The average Bonchev–Trinajstić information content (AvgIpc) is 2.59. The van der Waals surface area contributed by atoms with Gasteiger partial charge in [0.2, 0.25) is 5.91 Å². The van der Waals surface area contributed by atoms with Crippen molar-refractivity contribution in [1.82, 2.24) is 0 Å². The highest BCUT2D eigenvalue weighted by atomic mass is 16.1. The van der Waals surface area contributed by atoms with Gasteiger partial charge in [0.25, 0.3) is 0 Å². The number of hydrogen-bond acceptors (Lipinski definition) is 1. The predicted octanol–water partition coefficient (Wildman–Crippen LogP) is 7.71. The second-order valence-corrected chi connectivity index (χ2v) is 11.8. The molecule has 2 nitrogen and oxygen atoms in total. The zero-order valence-corrected chi connectivity index (χ0v) is 20.7. The van der Waals surface area contributed by atoms with E-state index < -0.39 is 0 Å². The lowest BCUT2D eigenvalue weighted by Crippen LogP contribution is -2.26. The maximum atomic E-state index is 13.1. The zero-order valence-electron chi connectivity index (χ0n) is 20.7. The standard InChI is InChI=1S/C28H41NO/c1-19(20-14-12-11-13-15-20)16-24(30)29-25-22(27(5,6)7)17-21(26(2,3)4)18-23(25)28(8,9)10/h11-15,17-19H,16H2,1-10H3,(H,29,30)/t19-/m0/s1. The molecule has 2 aromatic carbocycles. The third-order valence-corrected chi connectivity index (χ3v) is 5.75. The summed E-state index contributed by atoms with van der Waals surface area (Å²) >= 11 is 0. The fourth-order valence-electron chi connectivity index (χ4n) is 3.76. The quantitative estimate of drug-likeness (QED) is 0.552. The number of hydrogen-bond donors (Lipinski definition) is 1. The first kappa shape index (κ1) is 24.2. The Labute approximate surface area is 184 Å². The van der Waals surface area contributed by atoms with Gasteiger partial charge in [-0.25, -0.2) is 0 Å². The van der Waals surface area contributed by atoms with Crippen LogP contribution in [-0.4, -0.2) is 5.91 Å². The molecule has 2 rings (SSSR count). The number of benzene rings is 2. The first-order valence-corrected chi connectivity index (χ1v) is 11.1. The molecule has 1 N–H and O–H groups in total. The van der Waals surface area contributed by atoms with Crippen LogP contribution in [0.3, 0.4) is 0 Å². The van der Waals surface area contributed by atoms with E-state index in [1.165, 1.54) is 22.3 Å². The van der Waals surface area contributed by atoms with E-state index in [1.54, 1.807) is 0 Å². The number of amides is 1. The molecule has 0 aromatic heterocycles. The fourth-order valence-corrected chi connectivity index (χ4v) is 3.76. The van der Waals surface area contributed by atoms with E-state index in [0.29, 0.717) is 6.42 Å². The largest absolute Gasteiger partial charge is 0.326 e. The minimum Gasteiger partial charge on any atom is -0.326 e. The Morgan fingerprint density at radius 3 is 1.67 bits per heavy atom. The average molecular weight is 408 g/mol. The Morgan fingerprint density at radius 2 is 1.27 bits per heavy atom. The first-order valence-electron chi connectivity index (χ1n) is 11.1. The smallest absolute Gasteiger partial charge is 0.224 e. The lowest BCUT2D eigenvalue weighted by atomic mass is 9.74. The van der Waals surface area contributed by atoms with E-state index in [4.69, 9.17) is 0 Å². The molecule has 0 spiro atoms. The highest BCUT2D eigenvalue weighted by Gasteiger charge is 2.30. The second kappa shape index (κ2) is 8.57.